The number of carbonyl (C=O) groups excluding carboxylic acids is 1. The lowest BCUT2D eigenvalue weighted by Gasteiger charge is -2.33. The van der Waals surface area contributed by atoms with Crippen LogP contribution in [0.2, 0.25) is 0 Å². The zero-order valence-electron chi connectivity index (χ0n) is 11.3. The molecule has 0 aromatic carbocycles. The average Bonchev–Trinajstić information content (AvgIpc) is 2.48. The van der Waals surface area contributed by atoms with Gasteiger partial charge in [-0.05, 0) is 18.3 Å². The van der Waals surface area contributed by atoms with Crippen LogP contribution >= 0.6 is 12.2 Å². The Bertz CT molecular complexity index is 505. The number of fused-ring (bicyclic) bond motifs is 1. The molecule has 20 heavy (non-hydrogen) atoms. The van der Waals surface area contributed by atoms with Crippen LogP contribution in [0.15, 0.2) is 29.3 Å². The number of piperazine rings is 1. The van der Waals surface area contributed by atoms with Crippen LogP contribution < -0.4 is 5.32 Å². The number of allylic oxidation sites excluding steroid dienone is 3. The quantitative estimate of drug-likeness (QED) is 0.755. The monoisotopic (exact) mass is 290 g/mol. The first-order chi connectivity index (χ1) is 9.75. The molecule has 106 valence electrons. The van der Waals surface area contributed by atoms with E-state index in [1.54, 1.807) is 4.90 Å². The van der Waals surface area contributed by atoms with Crippen molar-refractivity contribution in [3.8, 4) is 0 Å². The molecule has 0 saturated carbocycles. The Balaban J connectivity index is 1.65. The van der Waals surface area contributed by atoms with Gasteiger partial charge in [0.2, 0.25) is 11.0 Å². The molecule has 3 rings (SSSR count). The van der Waals surface area contributed by atoms with Gasteiger partial charge in [0.25, 0.3) is 0 Å². The maximum absolute atomic E-state index is 12.5. The molecule has 0 bridgehead atoms. The molecular formula is C14H18N4OS. The number of rotatable bonds is 3. The molecular weight excluding hydrogens is 272 g/mol. The Labute approximate surface area is 124 Å². The molecule has 0 aromatic rings. The van der Waals surface area contributed by atoms with Crippen molar-refractivity contribution in [2.75, 3.05) is 39.3 Å². The van der Waals surface area contributed by atoms with Crippen LogP contribution in [-0.4, -0.2) is 65.8 Å². The lowest BCUT2D eigenvalue weighted by molar-refractivity contribution is -0.128. The van der Waals surface area contributed by atoms with Crippen LogP contribution in [0.1, 0.15) is 0 Å². The van der Waals surface area contributed by atoms with Gasteiger partial charge < -0.3 is 5.32 Å². The van der Waals surface area contributed by atoms with E-state index in [0.717, 1.165) is 38.4 Å². The van der Waals surface area contributed by atoms with Gasteiger partial charge in [-0.3, -0.25) is 14.6 Å². The lowest BCUT2D eigenvalue weighted by Crippen LogP contribution is -2.51. The maximum atomic E-state index is 12.5. The van der Waals surface area contributed by atoms with Gasteiger partial charge in [0.1, 0.15) is 0 Å². The van der Waals surface area contributed by atoms with E-state index in [1.165, 1.54) is 0 Å². The summed E-state index contributed by atoms with van der Waals surface area (Å²) in [6.07, 6.45) is 7.54. The molecule has 1 atom stereocenters. The minimum Gasteiger partial charge on any atom is -0.314 e. The molecule has 0 aromatic heterocycles. The maximum Gasteiger partial charge on any atom is 0.241 e. The first-order valence-corrected chi connectivity index (χ1v) is 7.38. The smallest absolute Gasteiger partial charge is 0.241 e. The van der Waals surface area contributed by atoms with Crippen molar-refractivity contribution in [3.05, 3.63) is 24.3 Å². The molecule has 1 amide bonds. The number of nitrogens with one attached hydrogen (secondary N) is 1. The molecule has 2 heterocycles. The summed E-state index contributed by atoms with van der Waals surface area (Å²) in [6, 6.07) is 0. The van der Waals surface area contributed by atoms with Gasteiger partial charge in [-0.1, -0.05) is 18.2 Å². The third-order valence-electron chi connectivity index (χ3n) is 3.84. The highest BCUT2D eigenvalue weighted by Crippen LogP contribution is 2.19. The molecule has 1 fully saturated rings. The van der Waals surface area contributed by atoms with E-state index in [-0.39, 0.29) is 11.8 Å². The number of amides is 1. The second-order valence-electron chi connectivity index (χ2n) is 5.12. The van der Waals surface area contributed by atoms with E-state index in [2.05, 4.69) is 15.2 Å². The molecule has 1 N–H and O–H groups in total. The number of carbonyl (C=O) groups is 1. The van der Waals surface area contributed by atoms with Crippen molar-refractivity contribution in [3.63, 3.8) is 0 Å². The minimum atomic E-state index is -0.255. The van der Waals surface area contributed by atoms with Gasteiger partial charge in [-0.15, -0.1) is 0 Å². The van der Waals surface area contributed by atoms with Gasteiger partial charge in [0.15, 0.2) is 0 Å². The van der Waals surface area contributed by atoms with Crippen molar-refractivity contribution in [1.82, 2.24) is 15.1 Å². The molecule has 1 unspecified atom stereocenters. The van der Waals surface area contributed by atoms with Crippen molar-refractivity contribution in [2.24, 2.45) is 10.9 Å². The minimum absolute atomic E-state index is 0.0516. The molecule has 5 nitrogen and oxygen atoms in total. The topological polar surface area (TPSA) is 47.9 Å². The van der Waals surface area contributed by atoms with E-state index in [0.29, 0.717) is 11.7 Å². The van der Waals surface area contributed by atoms with Gasteiger partial charge in [-0.25, -0.2) is 4.99 Å². The summed E-state index contributed by atoms with van der Waals surface area (Å²) in [6.45, 7) is 5.55. The van der Waals surface area contributed by atoms with Gasteiger partial charge in [0, 0.05) is 39.3 Å². The van der Waals surface area contributed by atoms with Gasteiger partial charge in [0.05, 0.1) is 11.6 Å². The number of aliphatic imine (C=N–C) groups is 1. The largest absolute Gasteiger partial charge is 0.314 e. The molecule has 1 saturated heterocycles. The van der Waals surface area contributed by atoms with Crippen LogP contribution in [0.25, 0.3) is 0 Å². The predicted molar refractivity (Wildman–Crippen MR) is 82.8 cm³/mol. The van der Waals surface area contributed by atoms with Crippen molar-refractivity contribution >= 4 is 28.9 Å². The van der Waals surface area contributed by atoms with Gasteiger partial charge >= 0.3 is 0 Å². The van der Waals surface area contributed by atoms with E-state index in [1.807, 2.05) is 24.3 Å². The number of nitrogens with zero attached hydrogens (tertiary/aromatic N) is 3. The SMILES string of the molecule is O=C1C2C=CC=CC2=NC(=S)N1CCN1CCNCC1. The number of thiocarbonyl (C=S) groups is 1. The van der Waals surface area contributed by atoms with Crippen LogP contribution in [0.4, 0.5) is 0 Å². The van der Waals surface area contributed by atoms with E-state index in [4.69, 9.17) is 12.2 Å². The molecule has 1 aliphatic carbocycles. The third-order valence-corrected chi connectivity index (χ3v) is 4.15. The first-order valence-electron chi connectivity index (χ1n) is 6.97. The molecule has 6 heteroatoms. The van der Waals surface area contributed by atoms with Crippen LogP contribution in [0.3, 0.4) is 0 Å². The molecule has 2 aliphatic heterocycles. The molecule has 0 radical (unpaired) electrons. The van der Waals surface area contributed by atoms with Crippen molar-refractivity contribution in [2.45, 2.75) is 0 Å². The summed E-state index contributed by atoms with van der Waals surface area (Å²) < 4.78 is 0. The van der Waals surface area contributed by atoms with E-state index < -0.39 is 0 Å². The second kappa shape index (κ2) is 5.95. The average molecular weight is 290 g/mol. The van der Waals surface area contributed by atoms with E-state index in [9.17, 15) is 4.79 Å². The number of hydrogen-bond acceptors (Lipinski definition) is 4. The Morgan fingerprint density at radius 3 is 2.90 bits per heavy atom. The second-order valence-corrected chi connectivity index (χ2v) is 5.49. The zero-order valence-corrected chi connectivity index (χ0v) is 12.1. The fourth-order valence-corrected chi connectivity index (χ4v) is 2.95. The van der Waals surface area contributed by atoms with Crippen LogP contribution in [0, 0.1) is 5.92 Å². The summed E-state index contributed by atoms with van der Waals surface area (Å²) in [5.41, 5.74) is 0.765. The fraction of sp³-hybridized carbons (Fsp3) is 0.500. The summed E-state index contributed by atoms with van der Waals surface area (Å²) in [4.78, 5) is 20.9. The summed E-state index contributed by atoms with van der Waals surface area (Å²) in [5, 5.41) is 3.72. The highest BCUT2D eigenvalue weighted by molar-refractivity contribution is 7.80. The molecule has 0 spiro atoms. The Hall–Kier alpha value is -1.37. The van der Waals surface area contributed by atoms with E-state index >= 15 is 0 Å². The van der Waals surface area contributed by atoms with Crippen LogP contribution in [-0.2, 0) is 4.79 Å². The molecule has 3 aliphatic rings. The fourth-order valence-electron chi connectivity index (χ4n) is 2.66. The normalized spacial score (nSPS) is 26.7. The zero-order chi connectivity index (χ0) is 13.9. The van der Waals surface area contributed by atoms with Gasteiger partial charge in [-0.2, -0.15) is 0 Å². The van der Waals surface area contributed by atoms with Crippen molar-refractivity contribution in [1.29, 1.82) is 0 Å². The van der Waals surface area contributed by atoms with Crippen molar-refractivity contribution < 1.29 is 4.79 Å². The summed E-state index contributed by atoms with van der Waals surface area (Å²) >= 11 is 5.27. The Morgan fingerprint density at radius 2 is 2.10 bits per heavy atom. The first kappa shape index (κ1) is 13.6. The predicted octanol–water partition coefficient (Wildman–Crippen LogP) is 0.202. The Kier molecular flexibility index (Phi) is 4.05. The highest BCUT2D eigenvalue weighted by Gasteiger charge is 2.33. The highest BCUT2D eigenvalue weighted by atomic mass is 32.1. The summed E-state index contributed by atoms with van der Waals surface area (Å²) in [5.74, 6) is -0.203. The summed E-state index contributed by atoms with van der Waals surface area (Å²) in [7, 11) is 0. The van der Waals surface area contributed by atoms with Crippen LogP contribution in [0.5, 0.6) is 0 Å². The number of hydrogen-bond donors (Lipinski definition) is 1. The standard InChI is InChI=1S/C14H18N4OS/c19-13-11-3-1-2-4-12(11)16-14(20)18(13)10-9-17-7-5-15-6-8-17/h1-4,11,15H,5-10H2. The lowest BCUT2D eigenvalue weighted by atomic mass is 9.95. The third kappa shape index (κ3) is 2.72. The Morgan fingerprint density at radius 1 is 1.30 bits per heavy atom.